The van der Waals surface area contributed by atoms with E-state index in [9.17, 15) is 4.79 Å². The Morgan fingerprint density at radius 2 is 1.75 bits per heavy atom. The second-order valence-electron chi connectivity index (χ2n) is 4.93. The van der Waals surface area contributed by atoms with Gasteiger partial charge in [0.25, 0.3) is 0 Å². The van der Waals surface area contributed by atoms with Crippen LogP contribution >= 0.6 is 0 Å². The Balaban J connectivity index is 2.28. The summed E-state index contributed by atoms with van der Waals surface area (Å²) in [5, 5.41) is 0. The summed E-state index contributed by atoms with van der Waals surface area (Å²) in [6.45, 7) is 5.96. The van der Waals surface area contributed by atoms with Gasteiger partial charge in [-0.3, -0.25) is 4.79 Å². The van der Waals surface area contributed by atoms with E-state index in [1.807, 2.05) is 32.9 Å². The quantitative estimate of drug-likeness (QED) is 0.802. The maximum absolute atomic E-state index is 12.5. The highest BCUT2D eigenvalue weighted by Crippen LogP contribution is 2.19. The maximum Gasteiger partial charge on any atom is 0.216 e. The minimum absolute atomic E-state index is 0.0701. The molecule has 104 valence electrons. The molecule has 4 heteroatoms. The Hall–Kier alpha value is -2.23. The van der Waals surface area contributed by atoms with Crippen molar-refractivity contribution in [3.63, 3.8) is 0 Å². The van der Waals surface area contributed by atoms with Gasteiger partial charge in [-0.2, -0.15) is 0 Å². The van der Waals surface area contributed by atoms with Crippen molar-refractivity contribution in [3.8, 4) is 5.88 Å². The molecule has 0 atom stereocenters. The summed E-state index contributed by atoms with van der Waals surface area (Å²) in [5.74, 6) is 0.543. The molecule has 0 saturated heterocycles. The van der Waals surface area contributed by atoms with Crippen LogP contribution in [0.2, 0.25) is 0 Å². The van der Waals surface area contributed by atoms with Gasteiger partial charge in [0.15, 0.2) is 5.78 Å². The van der Waals surface area contributed by atoms with Crippen LogP contribution in [0.15, 0.2) is 24.5 Å². The molecule has 0 bridgehead atoms. The summed E-state index contributed by atoms with van der Waals surface area (Å²) in [5.41, 5.74) is 4.64. The molecule has 0 unspecified atom stereocenters. The second-order valence-corrected chi connectivity index (χ2v) is 4.93. The molecular formula is C16H18N2O2. The molecule has 2 rings (SSSR count). The van der Waals surface area contributed by atoms with E-state index in [2.05, 4.69) is 9.97 Å². The zero-order valence-electron chi connectivity index (χ0n) is 12.2. The number of hydrogen-bond acceptors (Lipinski definition) is 4. The van der Waals surface area contributed by atoms with Crippen LogP contribution in [0.1, 0.15) is 32.7 Å². The molecule has 2 aromatic rings. The smallest absolute Gasteiger partial charge is 0.216 e. The van der Waals surface area contributed by atoms with Crippen LogP contribution in [0.5, 0.6) is 5.88 Å². The first-order chi connectivity index (χ1) is 9.51. The number of benzene rings is 1. The second kappa shape index (κ2) is 5.82. The fraction of sp³-hybridized carbons (Fsp3) is 0.312. The fourth-order valence-electron chi connectivity index (χ4n) is 2.46. The number of methoxy groups -OCH3 is 1. The standard InChI is InChI=1S/C16H18N2O2/c1-10-5-11(2)16(12(3)6-10)14(19)7-13-8-15(20-4)18-9-17-13/h5-6,8-9H,7H2,1-4H3. The molecule has 0 radical (unpaired) electrons. The van der Waals surface area contributed by atoms with Crippen molar-refractivity contribution in [1.29, 1.82) is 0 Å². The van der Waals surface area contributed by atoms with E-state index in [1.54, 1.807) is 13.2 Å². The van der Waals surface area contributed by atoms with E-state index in [0.717, 1.165) is 16.7 Å². The molecule has 4 nitrogen and oxygen atoms in total. The van der Waals surface area contributed by atoms with Gasteiger partial charge in [-0.05, 0) is 31.9 Å². The topological polar surface area (TPSA) is 52.1 Å². The van der Waals surface area contributed by atoms with Crippen molar-refractivity contribution in [2.75, 3.05) is 7.11 Å². The number of carbonyl (C=O) groups excluding carboxylic acids is 1. The van der Waals surface area contributed by atoms with Crippen LogP contribution in [0.4, 0.5) is 0 Å². The Morgan fingerprint density at radius 1 is 1.10 bits per heavy atom. The highest BCUT2D eigenvalue weighted by atomic mass is 16.5. The summed E-state index contributed by atoms with van der Waals surface area (Å²) in [7, 11) is 1.54. The van der Waals surface area contributed by atoms with Gasteiger partial charge in [0.1, 0.15) is 6.33 Å². The van der Waals surface area contributed by atoms with Gasteiger partial charge in [-0.15, -0.1) is 0 Å². The lowest BCUT2D eigenvalue weighted by molar-refractivity contribution is 0.0990. The van der Waals surface area contributed by atoms with Crippen molar-refractivity contribution in [3.05, 3.63) is 52.5 Å². The first-order valence-corrected chi connectivity index (χ1v) is 6.47. The van der Waals surface area contributed by atoms with Crippen molar-refractivity contribution in [2.24, 2.45) is 0 Å². The van der Waals surface area contributed by atoms with Gasteiger partial charge < -0.3 is 4.74 Å². The number of Topliss-reactive ketones (excluding diaryl/α,β-unsaturated/α-hetero) is 1. The van der Waals surface area contributed by atoms with Gasteiger partial charge >= 0.3 is 0 Å². The average Bonchev–Trinajstić information content (AvgIpc) is 2.37. The van der Waals surface area contributed by atoms with Crippen LogP contribution in [-0.2, 0) is 6.42 Å². The number of nitrogens with zero attached hydrogens (tertiary/aromatic N) is 2. The minimum atomic E-state index is 0.0701. The summed E-state index contributed by atoms with van der Waals surface area (Å²) in [4.78, 5) is 20.5. The number of ether oxygens (including phenoxy) is 1. The summed E-state index contributed by atoms with van der Waals surface area (Å²) in [6.07, 6.45) is 1.67. The first-order valence-electron chi connectivity index (χ1n) is 6.47. The molecule has 1 aromatic heterocycles. The third-order valence-electron chi connectivity index (χ3n) is 3.21. The van der Waals surface area contributed by atoms with E-state index in [1.165, 1.54) is 11.9 Å². The largest absolute Gasteiger partial charge is 0.481 e. The van der Waals surface area contributed by atoms with Crippen molar-refractivity contribution < 1.29 is 9.53 Å². The fourth-order valence-corrected chi connectivity index (χ4v) is 2.46. The number of aromatic nitrogens is 2. The van der Waals surface area contributed by atoms with Crippen LogP contribution < -0.4 is 4.74 Å². The van der Waals surface area contributed by atoms with Crippen molar-refractivity contribution in [1.82, 2.24) is 9.97 Å². The molecule has 0 saturated carbocycles. The van der Waals surface area contributed by atoms with E-state index in [-0.39, 0.29) is 12.2 Å². The Morgan fingerprint density at radius 3 is 2.35 bits per heavy atom. The lowest BCUT2D eigenvalue weighted by atomic mass is 9.94. The Labute approximate surface area is 118 Å². The lowest BCUT2D eigenvalue weighted by Gasteiger charge is -2.10. The number of carbonyl (C=O) groups is 1. The first kappa shape index (κ1) is 14.2. The predicted octanol–water partition coefficient (Wildman–Crippen LogP) is 2.84. The molecular weight excluding hydrogens is 252 g/mol. The molecule has 1 aromatic carbocycles. The van der Waals surface area contributed by atoms with Crippen LogP contribution in [-0.4, -0.2) is 22.9 Å². The summed E-state index contributed by atoms with van der Waals surface area (Å²) in [6, 6.07) is 5.75. The lowest BCUT2D eigenvalue weighted by Crippen LogP contribution is -2.09. The SMILES string of the molecule is COc1cc(CC(=O)c2c(C)cc(C)cc2C)ncn1. The zero-order valence-corrected chi connectivity index (χ0v) is 12.2. The van der Waals surface area contributed by atoms with Gasteiger partial charge in [-0.25, -0.2) is 9.97 Å². The van der Waals surface area contributed by atoms with Crippen molar-refractivity contribution >= 4 is 5.78 Å². The van der Waals surface area contributed by atoms with Crippen LogP contribution in [0, 0.1) is 20.8 Å². The van der Waals surface area contributed by atoms with Crippen LogP contribution in [0.25, 0.3) is 0 Å². The summed E-state index contributed by atoms with van der Waals surface area (Å²) >= 11 is 0. The van der Waals surface area contributed by atoms with E-state index >= 15 is 0 Å². The molecule has 0 spiro atoms. The zero-order chi connectivity index (χ0) is 14.7. The molecule has 0 N–H and O–H groups in total. The predicted molar refractivity (Wildman–Crippen MR) is 77.3 cm³/mol. The highest BCUT2D eigenvalue weighted by Gasteiger charge is 2.14. The molecule has 0 amide bonds. The van der Waals surface area contributed by atoms with Crippen LogP contribution in [0.3, 0.4) is 0 Å². The Bertz CT molecular complexity index is 628. The van der Waals surface area contributed by atoms with Gasteiger partial charge in [0, 0.05) is 11.6 Å². The normalized spacial score (nSPS) is 10.4. The van der Waals surface area contributed by atoms with Gasteiger partial charge in [0.2, 0.25) is 5.88 Å². The molecule has 0 aliphatic rings. The molecule has 0 fully saturated rings. The molecule has 20 heavy (non-hydrogen) atoms. The van der Waals surface area contributed by atoms with E-state index in [0.29, 0.717) is 11.6 Å². The van der Waals surface area contributed by atoms with Gasteiger partial charge in [-0.1, -0.05) is 17.7 Å². The maximum atomic E-state index is 12.5. The van der Waals surface area contributed by atoms with E-state index in [4.69, 9.17) is 4.74 Å². The minimum Gasteiger partial charge on any atom is -0.481 e. The molecule has 1 heterocycles. The van der Waals surface area contributed by atoms with E-state index < -0.39 is 0 Å². The number of aryl methyl sites for hydroxylation is 3. The monoisotopic (exact) mass is 270 g/mol. The Kier molecular flexibility index (Phi) is 4.13. The number of hydrogen-bond donors (Lipinski definition) is 0. The average molecular weight is 270 g/mol. The molecule has 0 aliphatic heterocycles. The van der Waals surface area contributed by atoms with Crippen molar-refractivity contribution in [2.45, 2.75) is 27.2 Å². The number of ketones is 1. The third kappa shape index (κ3) is 3.02. The number of rotatable bonds is 4. The third-order valence-corrected chi connectivity index (χ3v) is 3.21. The molecule has 0 aliphatic carbocycles. The highest BCUT2D eigenvalue weighted by molar-refractivity contribution is 6.00. The van der Waals surface area contributed by atoms with Gasteiger partial charge in [0.05, 0.1) is 19.2 Å². The summed E-state index contributed by atoms with van der Waals surface area (Å²) < 4.78 is 5.04.